The van der Waals surface area contributed by atoms with Crippen LogP contribution in [0.5, 0.6) is 5.75 Å². The standard InChI is InChI=1S/C13H19N3O3/c1-3-19-12-6-4-5-11(13(12)16(17)18)14-10-7-8-15(2)9-10/h4-6,10,14H,3,7-9H2,1-2H3. The minimum absolute atomic E-state index is 0.0268. The molecule has 19 heavy (non-hydrogen) atoms. The number of nitro groups is 1. The Morgan fingerprint density at radius 2 is 2.37 bits per heavy atom. The number of ether oxygens (including phenoxy) is 1. The van der Waals surface area contributed by atoms with Gasteiger partial charge in [0.2, 0.25) is 0 Å². The van der Waals surface area contributed by atoms with Crippen LogP contribution >= 0.6 is 0 Å². The number of hydrogen-bond donors (Lipinski definition) is 1. The van der Waals surface area contributed by atoms with Crippen molar-refractivity contribution < 1.29 is 9.66 Å². The number of nitro benzene ring substituents is 1. The number of nitrogens with zero attached hydrogens (tertiary/aromatic N) is 2. The second kappa shape index (κ2) is 5.88. The van der Waals surface area contributed by atoms with Crippen molar-refractivity contribution in [3.05, 3.63) is 28.3 Å². The van der Waals surface area contributed by atoms with Gasteiger partial charge in [0.15, 0.2) is 5.75 Å². The monoisotopic (exact) mass is 265 g/mol. The second-order valence-electron chi connectivity index (χ2n) is 4.73. The maximum atomic E-state index is 11.2. The van der Waals surface area contributed by atoms with E-state index >= 15 is 0 Å². The number of anilines is 1. The SMILES string of the molecule is CCOc1cccc(NC2CCN(C)C2)c1[N+](=O)[O-]. The summed E-state index contributed by atoms with van der Waals surface area (Å²) >= 11 is 0. The van der Waals surface area contributed by atoms with E-state index < -0.39 is 0 Å². The van der Waals surface area contributed by atoms with Crippen molar-refractivity contribution in [3.63, 3.8) is 0 Å². The van der Waals surface area contributed by atoms with Gasteiger partial charge in [-0.3, -0.25) is 10.1 Å². The van der Waals surface area contributed by atoms with Crippen molar-refractivity contribution in [2.45, 2.75) is 19.4 Å². The lowest BCUT2D eigenvalue weighted by molar-refractivity contribution is -0.385. The van der Waals surface area contributed by atoms with E-state index in [-0.39, 0.29) is 16.7 Å². The Balaban J connectivity index is 2.23. The third-order valence-electron chi connectivity index (χ3n) is 3.23. The van der Waals surface area contributed by atoms with Crippen molar-refractivity contribution in [1.29, 1.82) is 0 Å². The van der Waals surface area contributed by atoms with E-state index in [0.717, 1.165) is 19.5 Å². The third-order valence-corrected chi connectivity index (χ3v) is 3.23. The van der Waals surface area contributed by atoms with Crippen LogP contribution in [0.4, 0.5) is 11.4 Å². The average molecular weight is 265 g/mol. The zero-order valence-corrected chi connectivity index (χ0v) is 11.3. The van der Waals surface area contributed by atoms with Crippen LogP contribution in [-0.4, -0.2) is 42.6 Å². The van der Waals surface area contributed by atoms with Gasteiger partial charge in [-0.15, -0.1) is 0 Å². The highest BCUT2D eigenvalue weighted by molar-refractivity contribution is 5.68. The van der Waals surface area contributed by atoms with Gasteiger partial charge >= 0.3 is 5.69 Å². The zero-order valence-electron chi connectivity index (χ0n) is 11.3. The maximum absolute atomic E-state index is 11.2. The van der Waals surface area contributed by atoms with E-state index in [0.29, 0.717) is 18.0 Å². The molecule has 1 fully saturated rings. The highest BCUT2D eigenvalue weighted by atomic mass is 16.6. The minimum Gasteiger partial charge on any atom is -0.487 e. The molecule has 0 aliphatic carbocycles. The van der Waals surface area contributed by atoms with E-state index in [1.165, 1.54) is 0 Å². The summed E-state index contributed by atoms with van der Waals surface area (Å²) in [5.41, 5.74) is 0.565. The topological polar surface area (TPSA) is 67.6 Å². The van der Waals surface area contributed by atoms with Gasteiger partial charge in [0.05, 0.1) is 11.5 Å². The molecule has 0 spiro atoms. The van der Waals surface area contributed by atoms with E-state index in [1.807, 2.05) is 14.0 Å². The smallest absolute Gasteiger partial charge is 0.333 e. The van der Waals surface area contributed by atoms with Crippen LogP contribution in [0.2, 0.25) is 0 Å². The summed E-state index contributed by atoms with van der Waals surface area (Å²) in [7, 11) is 2.05. The summed E-state index contributed by atoms with van der Waals surface area (Å²) in [5.74, 6) is 0.323. The van der Waals surface area contributed by atoms with Crippen LogP contribution in [0, 0.1) is 10.1 Å². The van der Waals surface area contributed by atoms with Crippen molar-refractivity contribution in [3.8, 4) is 5.75 Å². The molecule has 1 saturated heterocycles. The summed E-state index contributed by atoms with van der Waals surface area (Å²) < 4.78 is 5.33. The quantitative estimate of drug-likeness (QED) is 0.652. The molecular formula is C13H19N3O3. The molecule has 1 aromatic rings. The van der Waals surface area contributed by atoms with Gasteiger partial charge in [-0.1, -0.05) is 6.07 Å². The minimum atomic E-state index is -0.383. The Bertz CT molecular complexity index is 464. The molecule has 6 heteroatoms. The van der Waals surface area contributed by atoms with E-state index in [4.69, 9.17) is 4.74 Å². The fraction of sp³-hybridized carbons (Fsp3) is 0.538. The first-order valence-electron chi connectivity index (χ1n) is 6.47. The van der Waals surface area contributed by atoms with Crippen LogP contribution in [0.15, 0.2) is 18.2 Å². The number of nitrogens with one attached hydrogen (secondary N) is 1. The van der Waals surface area contributed by atoms with E-state index in [2.05, 4.69) is 10.2 Å². The van der Waals surface area contributed by atoms with Gasteiger partial charge in [-0.2, -0.15) is 0 Å². The Morgan fingerprint density at radius 1 is 1.58 bits per heavy atom. The van der Waals surface area contributed by atoms with Crippen LogP contribution in [0.1, 0.15) is 13.3 Å². The molecule has 1 aliphatic heterocycles. The second-order valence-corrected chi connectivity index (χ2v) is 4.73. The third kappa shape index (κ3) is 3.14. The lowest BCUT2D eigenvalue weighted by Gasteiger charge is -2.15. The summed E-state index contributed by atoms with van der Waals surface area (Å²) in [6.45, 7) is 4.14. The molecule has 0 radical (unpaired) electrons. The molecule has 0 amide bonds. The van der Waals surface area contributed by atoms with Crippen molar-refractivity contribution in [2.24, 2.45) is 0 Å². The summed E-state index contributed by atoms with van der Waals surface area (Å²) in [5, 5.41) is 14.5. The lowest BCUT2D eigenvalue weighted by Crippen LogP contribution is -2.24. The number of hydrogen-bond acceptors (Lipinski definition) is 5. The summed E-state index contributed by atoms with van der Waals surface area (Å²) in [4.78, 5) is 13.1. The van der Waals surface area contributed by atoms with Crippen molar-refractivity contribution in [1.82, 2.24) is 4.90 Å². The zero-order chi connectivity index (χ0) is 13.8. The Labute approximate surface area is 112 Å². The highest BCUT2D eigenvalue weighted by Crippen LogP contribution is 2.35. The number of likely N-dealkylation sites (N-methyl/N-ethyl adjacent to an activating group) is 1. The Kier molecular flexibility index (Phi) is 4.21. The molecule has 1 heterocycles. The van der Waals surface area contributed by atoms with E-state index in [1.54, 1.807) is 18.2 Å². The molecule has 1 unspecified atom stereocenters. The number of para-hydroxylation sites is 1. The molecule has 6 nitrogen and oxygen atoms in total. The molecular weight excluding hydrogens is 246 g/mol. The van der Waals surface area contributed by atoms with Gasteiger partial charge < -0.3 is 15.0 Å². The normalized spacial score (nSPS) is 19.4. The molecule has 1 N–H and O–H groups in total. The molecule has 1 aliphatic rings. The molecule has 0 saturated carbocycles. The van der Waals surface area contributed by atoms with Crippen molar-refractivity contribution >= 4 is 11.4 Å². The van der Waals surface area contributed by atoms with Gasteiger partial charge in [0.25, 0.3) is 0 Å². The van der Waals surface area contributed by atoms with Gasteiger partial charge in [0, 0.05) is 12.6 Å². The van der Waals surface area contributed by atoms with Crippen LogP contribution < -0.4 is 10.1 Å². The predicted molar refractivity (Wildman–Crippen MR) is 73.8 cm³/mol. The van der Waals surface area contributed by atoms with Crippen LogP contribution in [-0.2, 0) is 0 Å². The predicted octanol–water partition coefficient (Wildman–Crippen LogP) is 2.11. The highest BCUT2D eigenvalue weighted by Gasteiger charge is 2.25. The summed E-state index contributed by atoms with van der Waals surface area (Å²) in [6.07, 6.45) is 0.993. The maximum Gasteiger partial charge on any atom is 0.333 e. The summed E-state index contributed by atoms with van der Waals surface area (Å²) in [6, 6.07) is 5.39. The van der Waals surface area contributed by atoms with Crippen molar-refractivity contribution in [2.75, 3.05) is 32.1 Å². The van der Waals surface area contributed by atoms with Crippen LogP contribution in [0.25, 0.3) is 0 Å². The molecule has 0 bridgehead atoms. The van der Waals surface area contributed by atoms with Gasteiger partial charge in [-0.25, -0.2) is 0 Å². The average Bonchev–Trinajstić information content (AvgIpc) is 2.75. The Hall–Kier alpha value is -1.82. The lowest BCUT2D eigenvalue weighted by atomic mass is 10.2. The molecule has 1 atom stereocenters. The van der Waals surface area contributed by atoms with E-state index in [9.17, 15) is 10.1 Å². The fourth-order valence-corrected chi connectivity index (χ4v) is 2.37. The molecule has 0 aromatic heterocycles. The number of rotatable bonds is 5. The largest absolute Gasteiger partial charge is 0.487 e. The van der Waals surface area contributed by atoms with Gasteiger partial charge in [0.1, 0.15) is 5.69 Å². The van der Waals surface area contributed by atoms with Crippen LogP contribution in [0.3, 0.4) is 0 Å². The number of benzene rings is 1. The fourth-order valence-electron chi connectivity index (χ4n) is 2.37. The Morgan fingerprint density at radius 3 is 2.95 bits per heavy atom. The molecule has 2 rings (SSSR count). The first-order chi connectivity index (χ1) is 9.11. The first kappa shape index (κ1) is 13.6. The number of likely N-dealkylation sites (tertiary alicyclic amines) is 1. The molecule has 1 aromatic carbocycles. The molecule has 104 valence electrons. The first-order valence-corrected chi connectivity index (χ1v) is 6.47. The van der Waals surface area contributed by atoms with Gasteiger partial charge in [-0.05, 0) is 39.1 Å².